The fraction of sp³-hybridized carbons (Fsp3) is 0.136. The van der Waals surface area contributed by atoms with E-state index in [-0.39, 0.29) is 11.9 Å². The van der Waals surface area contributed by atoms with Gasteiger partial charge in [0.15, 0.2) is 0 Å². The van der Waals surface area contributed by atoms with Crippen molar-refractivity contribution in [1.82, 2.24) is 0 Å². The number of ether oxygens (including phenoxy) is 2. The van der Waals surface area contributed by atoms with E-state index in [0.717, 1.165) is 22.6 Å². The molecule has 0 aliphatic heterocycles. The molecule has 0 spiro atoms. The quantitative estimate of drug-likeness (QED) is 0.584. The number of para-hydroxylation sites is 1. The molecule has 0 aromatic heterocycles. The van der Waals surface area contributed by atoms with Gasteiger partial charge >= 0.3 is 5.97 Å². The summed E-state index contributed by atoms with van der Waals surface area (Å²) in [6.07, 6.45) is 0.305. The molecule has 25 heavy (non-hydrogen) atoms. The van der Waals surface area contributed by atoms with Crippen LogP contribution in [0.3, 0.4) is 0 Å². The lowest BCUT2D eigenvalue weighted by Crippen LogP contribution is -2.10. The van der Waals surface area contributed by atoms with Gasteiger partial charge < -0.3 is 9.47 Å². The van der Waals surface area contributed by atoms with Crippen molar-refractivity contribution in [2.45, 2.75) is 12.3 Å². The summed E-state index contributed by atoms with van der Waals surface area (Å²) < 4.78 is 10.7. The predicted molar refractivity (Wildman–Crippen MR) is 97.9 cm³/mol. The van der Waals surface area contributed by atoms with Gasteiger partial charge in [-0.25, -0.2) is 0 Å². The molecule has 0 saturated heterocycles. The summed E-state index contributed by atoms with van der Waals surface area (Å²) in [7, 11) is 1.42. The van der Waals surface area contributed by atoms with Crippen LogP contribution in [0, 0.1) is 0 Å². The molecule has 0 fully saturated rings. The maximum Gasteiger partial charge on any atom is 0.306 e. The summed E-state index contributed by atoms with van der Waals surface area (Å²) in [6.45, 7) is 0. The minimum atomic E-state index is -0.224. The first-order chi connectivity index (χ1) is 12.3. The highest BCUT2D eigenvalue weighted by Gasteiger charge is 2.18. The smallest absolute Gasteiger partial charge is 0.306 e. The fourth-order valence-electron chi connectivity index (χ4n) is 2.76. The van der Waals surface area contributed by atoms with Gasteiger partial charge in [-0.05, 0) is 35.4 Å². The summed E-state index contributed by atoms with van der Waals surface area (Å²) in [6, 6.07) is 27.5. The molecule has 0 heterocycles. The molecule has 0 N–H and O–H groups in total. The van der Waals surface area contributed by atoms with Crippen LogP contribution in [0.2, 0.25) is 0 Å². The van der Waals surface area contributed by atoms with E-state index < -0.39 is 0 Å². The SMILES string of the molecule is COC(=O)CC(c1ccccc1)c1ccc(Oc2ccccc2)cc1. The van der Waals surface area contributed by atoms with Crippen LogP contribution < -0.4 is 4.74 Å². The third kappa shape index (κ3) is 4.48. The van der Waals surface area contributed by atoms with Crippen molar-refractivity contribution in [2.75, 3.05) is 7.11 Å². The van der Waals surface area contributed by atoms with E-state index in [9.17, 15) is 4.79 Å². The van der Waals surface area contributed by atoms with E-state index in [0.29, 0.717) is 6.42 Å². The van der Waals surface area contributed by atoms with Gasteiger partial charge in [0.2, 0.25) is 0 Å². The van der Waals surface area contributed by atoms with Gasteiger partial charge in [-0.3, -0.25) is 4.79 Å². The highest BCUT2D eigenvalue weighted by Crippen LogP contribution is 2.30. The van der Waals surface area contributed by atoms with Gasteiger partial charge in [0, 0.05) is 5.92 Å². The Morgan fingerprint density at radius 1 is 0.760 bits per heavy atom. The zero-order chi connectivity index (χ0) is 17.5. The lowest BCUT2D eigenvalue weighted by atomic mass is 9.88. The Morgan fingerprint density at radius 3 is 1.88 bits per heavy atom. The Balaban J connectivity index is 1.82. The Hall–Kier alpha value is -3.07. The number of hydrogen-bond donors (Lipinski definition) is 0. The largest absolute Gasteiger partial charge is 0.469 e. The summed E-state index contributed by atoms with van der Waals surface area (Å²) in [4.78, 5) is 11.8. The topological polar surface area (TPSA) is 35.5 Å². The highest BCUT2D eigenvalue weighted by atomic mass is 16.5. The predicted octanol–water partition coefficient (Wildman–Crippen LogP) is 5.17. The first-order valence-electron chi connectivity index (χ1n) is 8.21. The molecule has 126 valence electrons. The molecular formula is C22H20O3. The second kappa shape index (κ2) is 8.15. The van der Waals surface area contributed by atoms with Gasteiger partial charge in [-0.2, -0.15) is 0 Å². The molecule has 3 rings (SSSR count). The van der Waals surface area contributed by atoms with Crippen LogP contribution in [0.5, 0.6) is 11.5 Å². The van der Waals surface area contributed by atoms with Crippen LogP contribution in [-0.2, 0) is 9.53 Å². The molecule has 1 unspecified atom stereocenters. The van der Waals surface area contributed by atoms with Crippen molar-refractivity contribution >= 4 is 5.97 Å². The summed E-state index contributed by atoms with van der Waals surface area (Å²) in [5, 5.41) is 0. The second-order valence-corrected chi connectivity index (χ2v) is 5.73. The number of rotatable bonds is 6. The molecule has 3 heteroatoms. The summed E-state index contributed by atoms with van der Waals surface area (Å²) in [5.41, 5.74) is 2.14. The van der Waals surface area contributed by atoms with Crippen LogP contribution in [-0.4, -0.2) is 13.1 Å². The molecule has 3 aromatic rings. The summed E-state index contributed by atoms with van der Waals surface area (Å²) >= 11 is 0. The summed E-state index contributed by atoms with van der Waals surface area (Å²) in [5.74, 6) is 1.29. The Morgan fingerprint density at radius 2 is 1.28 bits per heavy atom. The zero-order valence-electron chi connectivity index (χ0n) is 14.1. The van der Waals surface area contributed by atoms with E-state index >= 15 is 0 Å². The van der Waals surface area contributed by atoms with E-state index in [1.165, 1.54) is 7.11 Å². The maximum atomic E-state index is 11.8. The highest BCUT2D eigenvalue weighted by molar-refractivity contribution is 5.71. The fourth-order valence-corrected chi connectivity index (χ4v) is 2.76. The number of hydrogen-bond acceptors (Lipinski definition) is 3. The van der Waals surface area contributed by atoms with Crippen molar-refractivity contribution in [3.8, 4) is 11.5 Å². The van der Waals surface area contributed by atoms with Gasteiger partial charge in [-0.15, -0.1) is 0 Å². The second-order valence-electron chi connectivity index (χ2n) is 5.73. The minimum Gasteiger partial charge on any atom is -0.469 e. The normalized spacial score (nSPS) is 11.6. The Kier molecular flexibility index (Phi) is 5.47. The third-order valence-corrected chi connectivity index (χ3v) is 4.06. The van der Waals surface area contributed by atoms with Crippen LogP contribution >= 0.6 is 0 Å². The number of esters is 1. The van der Waals surface area contributed by atoms with E-state index in [1.807, 2.05) is 84.9 Å². The third-order valence-electron chi connectivity index (χ3n) is 4.06. The average Bonchev–Trinajstić information content (AvgIpc) is 2.68. The first-order valence-corrected chi connectivity index (χ1v) is 8.21. The Labute approximate surface area is 147 Å². The molecule has 3 nitrogen and oxygen atoms in total. The maximum absolute atomic E-state index is 11.8. The van der Waals surface area contributed by atoms with Crippen LogP contribution in [0.15, 0.2) is 84.9 Å². The van der Waals surface area contributed by atoms with Crippen LogP contribution in [0.4, 0.5) is 0 Å². The van der Waals surface area contributed by atoms with E-state index in [4.69, 9.17) is 9.47 Å². The average molecular weight is 332 g/mol. The molecule has 0 radical (unpaired) electrons. The Bertz CT molecular complexity index is 796. The molecular weight excluding hydrogens is 312 g/mol. The zero-order valence-corrected chi connectivity index (χ0v) is 14.1. The van der Waals surface area contributed by atoms with Crippen LogP contribution in [0.25, 0.3) is 0 Å². The van der Waals surface area contributed by atoms with Gasteiger partial charge in [0.05, 0.1) is 13.5 Å². The monoisotopic (exact) mass is 332 g/mol. The van der Waals surface area contributed by atoms with Gasteiger partial charge in [-0.1, -0.05) is 60.7 Å². The van der Waals surface area contributed by atoms with Crippen molar-refractivity contribution in [3.05, 3.63) is 96.1 Å². The van der Waals surface area contributed by atoms with E-state index in [2.05, 4.69) is 0 Å². The molecule has 0 amide bonds. The lowest BCUT2D eigenvalue weighted by molar-refractivity contribution is -0.140. The van der Waals surface area contributed by atoms with Crippen molar-refractivity contribution in [1.29, 1.82) is 0 Å². The van der Waals surface area contributed by atoms with Crippen molar-refractivity contribution in [3.63, 3.8) is 0 Å². The lowest BCUT2D eigenvalue weighted by Gasteiger charge is -2.17. The number of carbonyl (C=O) groups is 1. The standard InChI is InChI=1S/C22H20O3/c1-24-22(23)16-21(17-8-4-2-5-9-17)18-12-14-20(15-13-18)25-19-10-6-3-7-11-19/h2-15,21H,16H2,1H3. The molecule has 0 saturated carbocycles. The molecule has 0 aliphatic carbocycles. The molecule has 0 bridgehead atoms. The molecule has 0 aliphatic rings. The van der Waals surface area contributed by atoms with Gasteiger partial charge in [0.25, 0.3) is 0 Å². The molecule has 3 aromatic carbocycles. The first kappa shape index (κ1) is 16.8. The van der Waals surface area contributed by atoms with Gasteiger partial charge in [0.1, 0.15) is 11.5 Å². The number of methoxy groups -OCH3 is 1. The number of carbonyl (C=O) groups excluding carboxylic acids is 1. The van der Waals surface area contributed by atoms with Crippen molar-refractivity contribution in [2.24, 2.45) is 0 Å². The minimum absolute atomic E-state index is 0.0422. The molecule has 1 atom stereocenters. The van der Waals surface area contributed by atoms with Crippen LogP contribution in [0.1, 0.15) is 23.5 Å². The van der Waals surface area contributed by atoms with E-state index in [1.54, 1.807) is 0 Å². The number of benzene rings is 3. The van der Waals surface area contributed by atoms with Crippen molar-refractivity contribution < 1.29 is 14.3 Å².